The number of piperidine rings is 3. The molecule has 1 amide bonds. The van der Waals surface area contributed by atoms with E-state index in [1.807, 2.05) is 0 Å². The predicted octanol–water partition coefficient (Wildman–Crippen LogP) is 1.36. The molecule has 4 rings (SSSR count). The maximum Gasteiger partial charge on any atom is 0.230 e. The Morgan fingerprint density at radius 3 is 2.29 bits per heavy atom. The van der Waals surface area contributed by atoms with Gasteiger partial charge in [0.2, 0.25) is 5.91 Å². The number of likely N-dealkylation sites (tertiary alicyclic amines) is 2. The fraction of sp³-hybridized carbons (Fsp3) is 0.947. The van der Waals surface area contributed by atoms with Crippen LogP contribution in [0, 0.1) is 5.41 Å². The van der Waals surface area contributed by atoms with Gasteiger partial charge in [0.25, 0.3) is 0 Å². The van der Waals surface area contributed by atoms with Crippen molar-refractivity contribution in [1.82, 2.24) is 15.1 Å². The number of nitrogens with one attached hydrogen (secondary N) is 1. The second kappa shape index (κ2) is 6.93. The van der Waals surface area contributed by atoms with Gasteiger partial charge < -0.3 is 15.3 Å². The first-order chi connectivity index (χ1) is 11.7. The van der Waals surface area contributed by atoms with E-state index in [0.717, 1.165) is 44.9 Å². The summed E-state index contributed by atoms with van der Waals surface area (Å²) in [6.07, 6.45) is 10.2. The van der Waals surface area contributed by atoms with Crippen LogP contribution in [0.5, 0.6) is 0 Å². The minimum absolute atomic E-state index is 0.0920. The number of amides is 1. The predicted molar refractivity (Wildman–Crippen MR) is 93.7 cm³/mol. The molecule has 24 heavy (non-hydrogen) atoms. The van der Waals surface area contributed by atoms with Crippen molar-refractivity contribution in [2.24, 2.45) is 5.41 Å². The molecule has 0 aromatic rings. The summed E-state index contributed by atoms with van der Waals surface area (Å²) in [7, 11) is 0. The summed E-state index contributed by atoms with van der Waals surface area (Å²) in [6, 6.07) is 1.44. The SMILES string of the molecule is O=C1NCCC[C@]12CN(C1CCN(C3CCCC3)CC1)CC[C@@H]2O. The molecule has 0 radical (unpaired) electrons. The smallest absolute Gasteiger partial charge is 0.230 e. The summed E-state index contributed by atoms with van der Waals surface area (Å²) in [5.74, 6) is 0.0920. The number of rotatable bonds is 2. The molecule has 0 unspecified atom stereocenters. The molecule has 2 N–H and O–H groups in total. The van der Waals surface area contributed by atoms with Crippen LogP contribution >= 0.6 is 0 Å². The minimum atomic E-state index is -0.543. The summed E-state index contributed by atoms with van der Waals surface area (Å²) in [4.78, 5) is 17.8. The average molecular weight is 335 g/mol. The highest BCUT2D eigenvalue weighted by Crippen LogP contribution is 2.39. The van der Waals surface area contributed by atoms with E-state index in [2.05, 4.69) is 15.1 Å². The number of aliphatic hydroxyl groups is 1. The van der Waals surface area contributed by atoms with E-state index in [0.29, 0.717) is 6.04 Å². The molecule has 1 aliphatic carbocycles. The minimum Gasteiger partial charge on any atom is -0.392 e. The van der Waals surface area contributed by atoms with Crippen molar-refractivity contribution in [3.63, 3.8) is 0 Å². The quantitative estimate of drug-likeness (QED) is 0.800. The van der Waals surface area contributed by atoms with Crippen molar-refractivity contribution in [1.29, 1.82) is 0 Å². The molecular weight excluding hydrogens is 302 g/mol. The summed E-state index contributed by atoms with van der Waals surface area (Å²) < 4.78 is 0. The molecule has 5 heteroatoms. The van der Waals surface area contributed by atoms with Crippen LogP contribution < -0.4 is 5.32 Å². The first kappa shape index (κ1) is 16.8. The van der Waals surface area contributed by atoms with Gasteiger partial charge in [0.1, 0.15) is 0 Å². The van der Waals surface area contributed by atoms with E-state index in [9.17, 15) is 9.90 Å². The second-order valence-corrected chi connectivity index (χ2v) is 8.50. The molecule has 5 nitrogen and oxygen atoms in total. The van der Waals surface area contributed by atoms with Gasteiger partial charge in [-0.05, 0) is 58.0 Å². The topological polar surface area (TPSA) is 55.8 Å². The molecule has 2 atom stereocenters. The monoisotopic (exact) mass is 335 g/mol. The Morgan fingerprint density at radius 2 is 1.58 bits per heavy atom. The van der Waals surface area contributed by atoms with Gasteiger partial charge in [-0.15, -0.1) is 0 Å². The van der Waals surface area contributed by atoms with Gasteiger partial charge in [0, 0.05) is 31.7 Å². The van der Waals surface area contributed by atoms with E-state index >= 15 is 0 Å². The Bertz CT molecular complexity index is 458. The van der Waals surface area contributed by atoms with Crippen molar-refractivity contribution < 1.29 is 9.90 Å². The lowest BCUT2D eigenvalue weighted by molar-refractivity contribution is -0.151. The number of aliphatic hydroxyl groups excluding tert-OH is 1. The molecule has 0 aromatic carbocycles. The van der Waals surface area contributed by atoms with Gasteiger partial charge >= 0.3 is 0 Å². The number of carbonyl (C=O) groups excluding carboxylic acids is 1. The number of carbonyl (C=O) groups is 1. The van der Waals surface area contributed by atoms with E-state index in [1.165, 1.54) is 51.6 Å². The van der Waals surface area contributed by atoms with Gasteiger partial charge in [-0.1, -0.05) is 12.8 Å². The molecule has 136 valence electrons. The molecule has 0 aromatic heterocycles. The summed E-state index contributed by atoms with van der Waals surface area (Å²) in [6.45, 7) is 4.91. The summed E-state index contributed by atoms with van der Waals surface area (Å²) in [5, 5.41) is 13.6. The lowest BCUT2D eigenvalue weighted by Gasteiger charge is -2.50. The maximum atomic E-state index is 12.5. The van der Waals surface area contributed by atoms with Gasteiger partial charge in [0.05, 0.1) is 11.5 Å². The van der Waals surface area contributed by atoms with E-state index in [1.54, 1.807) is 0 Å². The second-order valence-electron chi connectivity index (χ2n) is 8.50. The number of nitrogens with zero attached hydrogens (tertiary/aromatic N) is 2. The molecular formula is C19H33N3O2. The molecule has 1 saturated carbocycles. The van der Waals surface area contributed by atoms with Gasteiger partial charge in [-0.25, -0.2) is 0 Å². The van der Waals surface area contributed by atoms with Crippen molar-refractivity contribution in [2.75, 3.05) is 32.7 Å². The normalized spacial score (nSPS) is 37.9. The molecule has 4 aliphatic rings. The Kier molecular flexibility index (Phi) is 4.85. The Labute approximate surface area is 145 Å². The summed E-state index contributed by atoms with van der Waals surface area (Å²) in [5.41, 5.74) is -0.543. The fourth-order valence-corrected chi connectivity index (χ4v) is 5.67. The van der Waals surface area contributed by atoms with E-state index in [-0.39, 0.29) is 5.91 Å². The Hall–Kier alpha value is -0.650. The molecule has 3 aliphatic heterocycles. The third-order valence-electron chi connectivity index (χ3n) is 7.21. The third-order valence-corrected chi connectivity index (χ3v) is 7.21. The molecule has 1 spiro atoms. The zero-order valence-electron chi connectivity index (χ0n) is 14.9. The molecule has 3 heterocycles. The molecule has 0 bridgehead atoms. The van der Waals surface area contributed by atoms with E-state index in [4.69, 9.17) is 0 Å². The van der Waals surface area contributed by atoms with Gasteiger partial charge in [0.15, 0.2) is 0 Å². The van der Waals surface area contributed by atoms with Crippen LogP contribution in [-0.4, -0.2) is 71.7 Å². The third kappa shape index (κ3) is 2.99. The standard InChI is InChI=1S/C19H33N3O2/c23-17-8-13-22(14-19(17)9-3-10-20-18(19)24)16-6-11-21(12-7-16)15-4-1-2-5-15/h15-17,23H,1-14H2,(H,20,24)/t17-,19+/m0/s1. The number of hydrogen-bond acceptors (Lipinski definition) is 4. The van der Waals surface area contributed by atoms with Crippen molar-refractivity contribution in [3.8, 4) is 0 Å². The highest BCUT2D eigenvalue weighted by atomic mass is 16.3. The van der Waals surface area contributed by atoms with Gasteiger partial charge in [-0.2, -0.15) is 0 Å². The molecule has 3 saturated heterocycles. The maximum absolute atomic E-state index is 12.5. The highest BCUT2D eigenvalue weighted by Gasteiger charge is 2.50. The van der Waals surface area contributed by atoms with Crippen LogP contribution in [0.1, 0.15) is 57.8 Å². The van der Waals surface area contributed by atoms with E-state index < -0.39 is 11.5 Å². The Balaban J connectivity index is 1.37. The van der Waals surface area contributed by atoms with Crippen LogP contribution in [0.15, 0.2) is 0 Å². The largest absolute Gasteiger partial charge is 0.392 e. The van der Waals surface area contributed by atoms with Gasteiger partial charge in [-0.3, -0.25) is 9.69 Å². The average Bonchev–Trinajstić information content (AvgIpc) is 3.15. The van der Waals surface area contributed by atoms with Crippen LogP contribution in [0.25, 0.3) is 0 Å². The van der Waals surface area contributed by atoms with Crippen molar-refractivity contribution >= 4 is 5.91 Å². The Morgan fingerprint density at radius 1 is 0.917 bits per heavy atom. The zero-order chi connectivity index (χ0) is 16.6. The van der Waals surface area contributed by atoms with Crippen molar-refractivity contribution in [2.45, 2.75) is 76.0 Å². The van der Waals surface area contributed by atoms with Crippen LogP contribution in [0.3, 0.4) is 0 Å². The highest BCUT2D eigenvalue weighted by molar-refractivity contribution is 5.84. The van der Waals surface area contributed by atoms with Crippen LogP contribution in [0.2, 0.25) is 0 Å². The summed E-state index contributed by atoms with van der Waals surface area (Å²) >= 11 is 0. The number of hydrogen-bond donors (Lipinski definition) is 2. The molecule has 4 fully saturated rings. The van der Waals surface area contributed by atoms with Crippen molar-refractivity contribution in [3.05, 3.63) is 0 Å². The first-order valence-electron chi connectivity index (χ1n) is 10.1. The lowest BCUT2D eigenvalue weighted by Crippen LogP contribution is -2.63. The first-order valence-corrected chi connectivity index (χ1v) is 10.1. The fourth-order valence-electron chi connectivity index (χ4n) is 5.67. The van der Waals surface area contributed by atoms with Crippen LogP contribution in [0.4, 0.5) is 0 Å². The van der Waals surface area contributed by atoms with Crippen LogP contribution in [-0.2, 0) is 4.79 Å². The zero-order valence-corrected chi connectivity index (χ0v) is 14.9. The lowest BCUT2D eigenvalue weighted by atomic mass is 9.71.